The van der Waals surface area contributed by atoms with E-state index >= 15 is 0 Å². The molecule has 0 saturated carbocycles. The van der Waals surface area contributed by atoms with Crippen molar-refractivity contribution in [3.63, 3.8) is 0 Å². The number of nitrogens with zero attached hydrogens (tertiary/aromatic N) is 2. The summed E-state index contributed by atoms with van der Waals surface area (Å²) in [5.74, 6) is -2.24. The summed E-state index contributed by atoms with van der Waals surface area (Å²) in [6.45, 7) is 0. The zero-order chi connectivity index (χ0) is 29.1. The predicted octanol–water partition coefficient (Wildman–Crippen LogP) is 5.74. The molecule has 1 N–H and O–H groups in total. The van der Waals surface area contributed by atoms with Crippen LogP contribution in [0.3, 0.4) is 0 Å². The number of imide groups is 1. The van der Waals surface area contributed by atoms with E-state index in [0.717, 1.165) is 38.6 Å². The highest BCUT2D eigenvalue weighted by Crippen LogP contribution is 2.63. The molecular weight excluding hydrogens is 534 g/mol. The lowest BCUT2D eigenvalue weighted by molar-refractivity contribution is -0.123. The van der Waals surface area contributed by atoms with E-state index in [2.05, 4.69) is 22.7 Å². The van der Waals surface area contributed by atoms with Crippen LogP contribution in [0, 0.1) is 11.8 Å². The van der Waals surface area contributed by atoms with Gasteiger partial charge in [-0.05, 0) is 50.7 Å². The van der Waals surface area contributed by atoms with Crippen molar-refractivity contribution >= 4 is 40.4 Å². The lowest BCUT2D eigenvalue weighted by atomic mass is 9.47. The summed E-state index contributed by atoms with van der Waals surface area (Å²) < 4.78 is 0. The zero-order valence-electron chi connectivity index (χ0n) is 23.2. The average molecular weight is 562 g/mol. The molecule has 0 unspecified atom stereocenters. The molecule has 2 atom stereocenters. The highest BCUT2D eigenvalue weighted by molar-refractivity contribution is 6.25. The van der Waals surface area contributed by atoms with Gasteiger partial charge < -0.3 is 0 Å². The number of benzene rings is 5. The lowest BCUT2D eigenvalue weighted by Crippen LogP contribution is -2.54. The summed E-state index contributed by atoms with van der Waals surface area (Å²) in [6, 6.07) is 39.1. The van der Waals surface area contributed by atoms with Crippen molar-refractivity contribution in [3.05, 3.63) is 149 Å². The second-order valence-corrected chi connectivity index (χ2v) is 11.5. The SMILES string of the molecule is O=C(Cc1cccc2ccccc12)N/N=C\C12c3ccccc3C(c3ccccc31)[C@@H]1C(=O)N(c3ccccc3)C(=O)[C@H]12. The smallest absolute Gasteiger partial charge is 0.244 e. The third kappa shape index (κ3) is 3.59. The molecule has 1 aliphatic heterocycles. The monoisotopic (exact) mass is 561 g/mol. The van der Waals surface area contributed by atoms with Crippen LogP contribution in [0.4, 0.5) is 5.69 Å². The molecule has 1 saturated heterocycles. The van der Waals surface area contributed by atoms with Crippen LogP contribution in [0.2, 0.25) is 0 Å². The summed E-state index contributed by atoms with van der Waals surface area (Å²) >= 11 is 0. The number of carbonyl (C=O) groups is 3. The third-order valence-electron chi connectivity index (χ3n) is 9.39. The van der Waals surface area contributed by atoms with Gasteiger partial charge in [0.25, 0.3) is 0 Å². The summed E-state index contributed by atoms with van der Waals surface area (Å²) in [7, 11) is 0. The van der Waals surface area contributed by atoms with Gasteiger partial charge in [0.2, 0.25) is 17.7 Å². The van der Waals surface area contributed by atoms with Crippen molar-refractivity contribution in [2.75, 3.05) is 4.90 Å². The Morgan fingerprint density at radius 1 is 0.744 bits per heavy atom. The molecule has 5 aromatic rings. The average Bonchev–Trinajstić information content (AvgIpc) is 3.32. The molecular formula is C37H27N3O3. The fourth-order valence-corrected chi connectivity index (χ4v) is 7.75. The summed E-state index contributed by atoms with van der Waals surface area (Å²) in [4.78, 5) is 43.1. The topological polar surface area (TPSA) is 78.8 Å². The van der Waals surface area contributed by atoms with Gasteiger partial charge in [0.15, 0.2) is 0 Å². The zero-order valence-corrected chi connectivity index (χ0v) is 23.2. The fraction of sp³-hybridized carbons (Fsp3) is 0.135. The van der Waals surface area contributed by atoms with Crippen LogP contribution in [0.5, 0.6) is 0 Å². The summed E-state index contributed by atoms with van der Waals surface area (Å²) in [6.07, 6.45) is 1.87. The maximum atomic E-state index is 14.4. The first kappa shape index (κ1) is 25.4. The van der Waals surface area contributed by atoms with E-state index < -0.39 is 17.3 Å². The fourth-order valence-electron chi connectivity index (χ4n) is 7.75. The van der Waals surface area contributed by atoms with E-state index in [1.165, 1.54) is 4.90 Å². The molecule has 0 radical (unpaired) electrons. The second kappa shape index (κ2) is 9.60. The van der Waals surface area contributed by atoms with Crippen LogP contribution in [-0.4, -0.2) is 23.9 Å². The summed E-state index contributed by atoms with van der Waals surface area (Å²) in [5, 5.41) is 6.64. The number of hydrogen-bond donors (Lipinski definition) is 1. The number of para-hydroxylation sites is 1. The van der Waals surface area contributed by atoms with Gasteiger partial charge in [0, 0.05) is 12.1 Å². The van der Waals surface area contributed by atoms with Gasteiger partial charge in [-0.1, -0.05) is 109 Å². The lowest BCUT2D eigenvalue weighted by Gasteiger charge is -2.52. The molecule has 1 heterocycles. The van der Waals surface area contributed by atoms with Gasteiger partial charge in [-0.2, -0.15) is 5.10 Å². The van der Waals surface area contributed by atoms with Gasteiger partial charge in [-0.15, -0.1) is 0 Å². The van der Waals surface area contributed by atoms with Crippen LogP contribution in [0.15, 0.2) is 126 Å². The van der Waals surface area contributed by atoms with Crippen LogP contribution in [0.1, 0.15) is 33.7 Å². The van der Waals surface area contributed by atoms with E-state index in [9.17, 15) is 14.4 Å². The largest absolute Gasteiger partial charge is 0.274 e. The van der Waals surface area contributed by atoms with E-state index in [4.69, 9.17) is 0 Å². The van der Waals surface area contributed by atoms with E-state index in [1.807, 2.05) is 97.1 Å². The van der Waals surface area contributed by atoms with Crippen molar-refractivity contribution < 1.29 is 14.4 Å². The number of rotatable bonds is 5. The second-order valence-electron chi connectivity index (χ2n) is 11.5. The molecule has 9 rings (SSSR count). The molecule has 4 aliphatic rings. The predicted molar refractivity (Wildman–Crippen MR) is 166 cm³/mol. The Morgan fingerprint density at radius 3 is 2.12 bits per heavy atom. The number of carbonyl (C=O) groups excluding carboxylic acids is 3. The Bertz CT molecular complexity index is 1930. The van der Waals surface area contributed by atoms with Gasteiger partial charge in [-0.3, -0.25) is 14.4 Å². The van der Waals surface area contributed by atoms with Crippen molar-refractivity contribution in [2.24, 2.45) is 16.9 Å². The molecule has 208 valence electrons. The van der Waals surface area contributed by atoms with Gasteiger partial charge >= 0.3 is 0 Å². The number of anilines is 1. The quantitative estimate of drug-likeness (QED) is 0.169. The van der Waals surface area contributed by atoms with Gasteiger partial charge in [0.05, 0.1) is 29.4 Å². The third-order valence-corrected chi connectivity index (χ3v) is 9.39. The first-order valence-corrected chi connectivity index (χ1v) is 14.5. The molecule has 6 heteroatoms. The number of amides is 3. The van der Waals surface area contributed by atoms with Crippen LogP contribution >= 0.6 is 0 Å². The Balaban J connectivity index is 1.23. The van der Waals surface area contributed by atoms with Crippen molar-refractivity contribution in [2.45, 2.75) is 17.8 Å². The molecule has 6 nitrogen and oxygen atoms in total. The molecule has 0 spiro atoms. The minimum Gasteiger partial charge on any atom is -0.274 e. The van der Waals surface area contributed by atoms with E-state index in [1.54, 1.807) is 18.3 Å². The standard InChI is InChI=1S/C37H27N3O3/c41-31(21-24-13-10-12-23-11-4-5-16-26(23)24)39-38-22-37-29-19-8-6-17-27(29)32(28-18-7-9-20-30(28)37)33-34(37)36(43)40(35(33)42)25-14-2-1-3-15-25/h1-20,22,32-34H,21H2,(H,39,41)/b38-22-/t32?,33-,34-,37?/m0/s1. The molecule has 3 aliphatic carbocycles. The minimum atomic E-state index is -1.03. The molecule has 5 aromatic carbocycles. The normalized spacial score (nSPS) is 23.3. The first-order valence-electron chi connectivity index (χ1n) is 14.5. The van der Waals surface area contributed by atoms with Gasteiger partial charge in [0.1, 0.15) is 0 Å². The van der Waals surface area contributed by atoms with E-state index in [0.29, 0.717) is 5.69 Å². The van der Waals surface area contributed by atoms with Crippen molar-refractivity contribution in [3.8, 4) is 0 Å². The van der Waals surface area contributed by atoms with Crippen LogP contribution in [0.25, 0.3) is 10.8 Å². The summed E-state index contributed by atoms with van der Waals surface area (Å²) in [5.41, 5.74) is 7.13. The number of nitrogens with one attached hydrogen (secondary N) is 1. The molecule has 3 amide bonds. The Kier molecular flexibility index (Phi) is 5.66. The molecule has 0 aromatic heterocycles. The highest BCUT2D eigenvalue weighted by Gasteiger charge is 2.68. The maximum absolute atomic E-state index is 14.4. The molecule has 1 fully saturated rings. The van der Waals surface area contributed by atoms with Crippen molar-refractivity contribution in [1.82, 2.24) is 5.43 Å². The van der Waals surface area contributed by atoms with Crippen LogP contribution < -0.4 is 10.3 Å². The number of hydrogen-bond acceptors (Lipinski definition) is 4. The maximum Gasteiger partial charge on any atom is 0.244 e. The first-order chi connectivity index (χ1) is 21.1. The Morgan fingerprint density at radius 2 is 1.37 bits per heavy atom. The van der Waals surface area contributed by atoms with E-state index in [-0.39, 0.29) is 30.1 Å². The number of hydrazone groups is 1. The van der Waals surface area contributed by atoms with Gasteiger partial charge in [-0.25, -0.2) is 10.3 Å². The molecule has 2 bridgehead atoms. The number of fused-ring (bicyclic) bond motifs is 1. The van der Waals surface area contributed by atoms with Crippen molar-refractivity contribution in [1.29, 1.82) is 0 Å². The Hall–Kier alpha value is -5.36. The highest BCUT2D eigenvalue weighted by atomic mass is 16.2. The minimum absolute atomic E-state index is 0.159. The van der Waals surface area contributed by atoms with Crippen LogP contribution in [-0.2, 0) is 26.2 Å². The Labute approximate surface area is 248 Å². The molecule has 43 heavy (non-hydrogen) atoms.